The summed E-state index contributed by atoms with van der Waals surface area (Å²) >= 11 is 1.52. The van der Waals surface area contributed by atoms with E-state index < -0.39 is 0 Å². The topological polar surface area (TPSA) is 0 Å². The van der Waals surface area contributed by atoms with Crippen molar-refractivity contribution in [2.75, 3.05) is 0 Å². The van der Waals surface area contributed by atoms with E-state index in [2.05, 4.69) is 0 Å². The fourth-order valence-electron chi connectivity index (χ4n) is 2.06. The SMILES string of the molecule is Fc1cccc(-c2cscc2-c2cccc(F)c2)c1. The second kappa shape index (κ2) is 4.94. The van der Waals surface area contributed by atoms with Crippen molar-refractivity contribution in [3.63, 3.8) is 0 Å². The van der Waals surface area contributed by atoms with Crippen LogP contribution >= 0.6 is 11.3 Å². The van der Waals surface area contributed by atoms with Gasteiger partial charge >= 0.3 is 0 Å². The molecule has 0 saturated heterocycles. The van der Waals surface area contributed by atoms with E-state index in [1.54, 1.807) is 12.1 Å². The Balaban J connectivity index is 2.13. The molecule has 1 heterocycles. The zero-order valence-electron chi connectivity index (χ0n) is 9.94. The number of rotatable bonds is 2. The van der Waals surface area contributed by atoms with Gasteiger partial charge in [0.05, 0.1) is 0 Å². The standard InChI is InChI=1S/C16H10F2S/c17-13-5-1-3-11(7-13)15-9-19-10-16(15)12-4-2-6-14(18)8-12/h1-10H. The van der Waals surface area contributed by atoms with Gasteiger partial charge in [-0.05, 0) is 46.2 Å². The Kier molecular flexibility index (Phi) is 3.13. The fraction of sp³-hybridized carbons (Fsp3) is 0. The average Bonchev–Trinajstić information content (AvgIpc) is 2.88. The zero-order chi connectivity index (χ0) is 13.2. The van der Waals surface area contributed by atoms with Gasteiger partial charge in [0.2, 0.25) is 0 Å². The lowest BCUT2D eigenvalue weighted by molar-refractivity contribution is 0.627. The third-order valence-corrected chi connectivity index (χ3v) is 3.68. The summed E-state index contributed by atoms with van der Waals surface area (Å²) in [6.07, 6.45) is 0. The monoisotopic (exact) mass is 272 g/mol. The minimum atomic E-state index is -0.270. The minimum absolute atomic E-state index is 0.270. The van der Waals surface area contributed by atoms with Crippen LogP contribution in [0, 0.1) is 11.6 Å². The molecular formula is C16H10F2S. The third-order valence-electron chi connectivity index (χ3n) is 2.93. The molecule has 3 heteroatoms. The molecule has 0 unspecified atom stereocenters. The zero-order valence-corrected chi connectivity index (χ0v) is 10.8. The van der Waals surface area contributed by atoms with Gasteiger partial charge in [-0.1, -0.05) is 24.3 Å². The highest BCUT2D eigenvalue weighted by molar-refractivity contribution is 7.08. The Hall–Kier alpha value is -2.00. The van der Waals surface area contributed by atoms with Crippen LogP contribution in [-0.2, 0) is 0 Å². The van der Waals surface area contributed by atoms with E-state index in [4.69, 9.17) is 0 Å². The van der Waals surface area contributed by atoms with Crippen molar-refractivity contribution in [2.45, 2.75) is 0 Å². The average molecular weight is 272 g/mol. The molecule has 3 aromatic rings. The van der Waals surface area contributed by atoms with E-state index in [0.29, 0.717) is 0 Å². The molecule has 0 fully saturated rings. The van der Waals surface area contributed by atoms with Crippen molar-refractivity contribution in [3.8, 4) is 22.3 Å². The van der Waals surface area contributed by atoms with Gasteiger partial charge < -0.3 is 0 Å². The lowest BCUT2D eigenvalue weighted by Gasteiger charge is -2.05. The lowest BCUT2D eigenvalue weighted by atomic mass is 9.99. The van der Waals surface area contributed by atoms with E-state index in [1.807, 2.05) is 22.9 Å². The highest BCUT2D eigenvalue weighted by Crippen LogP contribution is 2.35. The molecular weight excluding hydrogens is 262 g/mol. The molecule has 0 nitrogen and oxygen atoms in total. The van der Waals surface area contributed by atoms with Gasteiger partial charge in [-0.3, -0.25) is 0 Å². The van der Waals surface area contributed by atoms with Crippen molar-refractivity contribution in [2.24, 2.45) is 0 Å². The van der Waals surface area contributed by atoms with E-state index in [9.17, 15) is 8.78 Å². The summed E-state index contributed by atoms with van der Waals surface area (Å²) < 4.78 is 26.6. The number of hydrogen-bond acceptors (Lipinski definition) is 1. The summed E-state index contributed by atoms with van der Waals surface area (Å²) in [7, 11) is 0. The van der Waals surface area contributed by atoms with Crippen LogP contribution in [0.15, 0.2) is 59.3 Å². The lowest BCUT2D eigenvalue weighted by Crippen LogP contribution is -1.83. The number of thiophene rings is 1. The summed E-state index contributed by atoms with van der Waals surface area (Å²) in [6, 6.07) is 12.9. The molecule has 0 spiro atoms. The fourth-order valence-corrected chi connectivity index (χ4v) is 2.92. The molecule has 1 aromatic heterocycles. The minimum Gasteiger partial charge on any atom is -0.207 e. The van der Waals surface area contributed by atoms with Gasteiger partial charge in [-0.2, -0.15) is 11.3 Å². The van der Waals surface area contributed by atoms with Crippen LogP contribution in [0.1, 0.15) is 0 Å². The molecule has 0 atom stereocenters. The van der Waals surface area contributed by atoms with Crippen LogP contribution in [0.25, 0.3) is 22.3 Å². The summed E-state index contributed by atoms with van der Waals surface area (Å²) in [6.45, 7) is 0. The first-order valence-electron chi connectivity index (χ1n) is 5.82. The van der Waals surface area contributed by atoms with Crippen LogP contribution in [0.3, 0.4) is 0 Å². The van der Waals surface area contributed by atoms with Crippen molar-refractivity contribution < 1.29 is 8.78 Å². The van der Waals surface area contributed by atoms with Crippen LogP contribution in [0.4, 0.5) is 8.78 Å². The molecule has 19 heavy (non-hydrogen) atoms. The van der Waals surface area contributed by atoms with Crippen molar-refractivity contribution >= 4 is 11.3 Å². The number of benzene rings is 2. The van der Waals surface area contributed by atoms with Gasteiger partial charge in [-0.15, -0.1) is 0 Å². The Morgan fingerprint density at radius 3 is 1.58 bits per heavy atom. The number of halogens is 2. The van der Waals surface area contributed by atoms with Crippen molar-refractivity contribution in [3.05, 3.63) is 70.9 Å². The van der Waals surface area contributed by atoms with E-state index in [-0.39, 0.29) is 11.6 Å². The van der Waals surface area contributed by atoms with Gasteiger partial charge in [-0.25, -0.2) is 8.78 Å². The molecule has 3 rings (SSSR count). The normalized spacial score (nSPS) is 10.6. The smallest absolute Gasteiger partial charge is 0.123 e. The molecule has 0 saturated carbocycles. The molecule has 0 aliphatic carbocycles. The van der Waals surface area contributed by atoms with Crippen LogP contribution in [0.2, 0.25) is 0 Å². The predicted molar refractivity (Wildman–Crippen MR) is 75.1 cm³/mol. The first-order valence-corrected chi connectivity index (χ1v) is 6.76. The summed E-state index contributed by atoms with van der Waals surface area (Å²) in [4.78, 5) is 0. The van der Waals surface area contributed by atoms with Gasteiger partial charge in [0.15, 0.2) is 0 Å². The molecule has 94 valence electrons. The Labute approximate surface area is 114 Å². The highest BCUT2D eigenvalue weighted by atomic mass is 32.1. The molecule has 0 radical (unpaired) electrons. The van der Waals surface area contributed by atoms with Crippen LogP contribution in [0.5, 0.6) is 0 Å². The van der Waals surface area contributed by atoms with Crippen molar-refractivity contribution in [1.29, 1.82) is 0 Å². The Bertz CT molecular complexity index is 656. The first-order chi connectivity index (χ1) is 9.24. The second-order valence-electron chi connectivity index (χ2n) is 4.22. The molecule has 2 aromatic carbocycles. The Morgan fingerprint density at radius 1 is 0.684 bits per heavy atom. The van der Waals surface area contributed by atoms with Gasteiger partial charge in [0.1, 0.15) is 11.6 Å². The maximum Gasteiger partial charge on any atom is 0.123 e. The molecule has 0 aliphatic heterocycles. The number of hydrogen-bond donors (Lipinski definition) is 0. The van der Waals surface area contributed by atoms with Crippen LogP contribution < -0.4 is 0 Å². The third kappa shape index (κ3) is 2.42. The maximum atomic E-state index is 13.3. The molecule has 0 bridgehead atoms. The van der Waals surface area contributed by atoms with Crippen LogP contribution in [-0.4, -0.2) is 0 Å². The molecule has 0 N–H and O–H groups in total. The predicted octanol–water partition coefficient (Wildman–Crippen LogP) is 5.36. The Morgan fingerprint density at radius 2 is 1.16 bits per heavy atom. The van der Waals surface area contributed by atoms with Gasteiger partial charge in [0.25, 0.3) is 0 Å². The molecule has 0 amide bonds. The first kappa shape index (κ1) is 12.1. The summed E-state index contributed by atoms with van der Waals surface area (Å²) in [5.74, 6) is -0.539. The van der Waals surface area contributed by atoms with E-state index in [0.717, 1.165) is 22.3 Å². The van der Waals surface area contributed by atoms with Crippen molar-refractivity contribution in [1.82, 2.24) is 0 Å². The molecule has 0 aliphatic rings. The maximum absolute atomic E-state index is 13.3. The van der Waals surface area contributed by atoms with Gasteiger partial charge in [0, 0.05) is 11.1 Å². The second-order valence-corrected chi connectivity index (χ2v) is 4.96. The largest absolute Gasteiger partial charge is 0.207 e. The quantitative estimate of drug-likeness (QED) is 0.589. The van der Waals surface area contributed by atoms with E-state index in [1.165, 1.54) is 35.6 Å². The highest BCUT2D eigenvalue weighted by Gasteiger charge is 2.09. The summed E-state index contributed by atoms with van der Waals surface area (Å²) in [5, 5.41) is 3.91. The van der Waals surface area contributed by atoms with E-state index >= 15 is 0 Å². The summed E-state index contributed by atoms with van der Waals surface area (Å²) in [5.41, 5.74) is 3.46.